The van der Waals surface area contributed by atoms with E-state index < -0.39 is 0 Å². The number of nitrogens with zero attached hydrogens (tertiary/aromatic N) is 1. The first-order chi connectivity index (χ1) is 9.19. The lowest BCUT2D eigenvalue weighted by Crippen LogP contribution is -2.35. The van der Waals surface area contributed by atoms with Gasteiger partial charge in [-0.25, -0.2) is 0 Å². The van der Waals surface area contributed by atoms with E-state index in [0.717, 1.165) is 5.92 Å². The van der Waals surface area contributed by atoms with Crippen LogP contribution in [0.5, 0.6) is 0 Å². The van der Waals surface area contributed by atoms with Gasteiger partial charge in [0.25, 0.3) is 0 Å². The Bertz CT molecular complexity index is 288. The lowest BCUT2D eigenvalue weighted by Gasteiger charge is -2.35. The molecule has 1 aliphatic carbocycles. The summed E-state index contributed by atoms with van der Waals surface area (Å²) in [6, 6.07) is 0.556. The molecule has 0 heterocycles. The quantitative estimate of drug-likeness (QED) is 0.633. The fourth-order valence-electron chi connectivity index (χ4n) is 2.89. The van der Waals surface area contributed by atoms with E-state index in [2.05, 4.69) is 43.9 Å². The molecule has 0 atom stereocenters. The lowest BCUT2D eigenvalue weighted by molar-refractivity contribution is 0.211. The van der Waals surface area contributed by atoms with Gasteiger partial charge in [0, 0.05) is 25.4 Å². The number of allylic oxidation sites excluding steroid dienone is 2. The van der Waals surface area contributed by atoms with Crippen LogP contribution in [-0.2, 0) is 4.74 Å². The van der Waals surface area contributed by atoms with Gasteiger partial charge in [-0.15, -0.1) is 0 Å². The van der Waals surface area contributed by atoms with E-state index in [0.29, 0.717) is 12.6 Å². The number of methoxy groups -OCH3 is 1. The average molecular weight is 265 g/mol. The van der Waals surface area contributed by atoms with Crippen LogP contribution in [0.1, 0.15) is 52.9 Å². The zero-order valence-corrected chi connectivity index (χ0v) is 13.2. The van der Waals surface area contributed by atoms with Gasteiger partial charge in [0.1, 0.15) is 0 Å². The smallest absolute Gasteiger partial charge is 0.0647 e. The first-order valence-corrected chi connectivity index (χ1v) is 7.77. The van der Waals surface area contributed by atoms with Gasteiger partial charge in [0.2, 0.25) is 0 Å². The standard InChI is InChI=1S/C17H31NO/c1-5-17(12-9-13-19-4)18(15(2)3)14-16-10-7-6-8-11-16/h5,9,12,15-16H,6-8,10-11,13-14H2,1-4H3/b12-9-,17-5+. The summed E-state index contributed by atoms with van der Waals surface area (Å²) in [5, 5.41) is 0. The summed E-state index contributed by atoms with van der Waals surface area (Å²) >= 11 is 0. The molecule has 1 fully saturated rings. The van der Waals surface area contributed by atoms with E-state index in [1.165, 1.54) is 44.3 Å². The Morgan fingerprint density at radius 2 is 1.95 bits per heavy atom. The molecule has 0 N–H and O–H groups in total. The summed E-state index contributed by atoms with van der Waals surface area (Å²) in [5.74, 6) is 0.877. The molecule has 0 unspecified atom stereocenters. The highest BCUT2D eigenvalue weighted by Crippen LogP contribution is 2.26. The van der Waals surface area contributed by atoms with Crippen LogP contribution >= 0.6 is 0 Å². The Balaban J connectivity index is 2.63. The third kappa shape index (κ3) is 5.82. The van der Waals surface area contributed by atoms with Crippen molar-refractivity contribution in [2.45, 2.75) is 58.9 Å². The van der Waals surface area contributed by atoms with E-state index in [1.54, 1.807) is 7.11 Å². The molecule has 2 nitrogen and oxygen atoms in total. The Hall–Kier alpha value is -0.760. The van der Waals surface area contributed by atoms with Gasteiger partial charge >= 0.3 is 0 Å². The van der Waals surface area contributed by atoms with Crippen molar-refractivity contribution in [3.8, 4) is 0 Å². The maximum absolute atomic E-state index is 5.09. The fraction of sp³-hybridized carbons (Fsp3) is 0.765. The summed E-state index contributed by atoms with van der Waals surface area (Å²) in [7, 11) is 1.74. The minimum absolute atomic E-state index is 0.556. The first-order valence-electron chi connectivity index (χ1n) is 7.77. The minimum Gasteiger partial charge on any atom is -0.381 e. The number of ether oxygens (including phenoxy) is 1. The van der Waals surface area contributed by atoms with Gasteiger partial charge in [-0.1, -0.05) is 31.4 Å². The summed E-state index contributed by atoms with van der Waals surface area (Å²) in [6.07, 6.45) is 13.6. The maximum Gasteiger partial charge on any atom is 0.0647 e. The molecule has 110 valence electrons. The molecule has 0 amide bonds. The Morgan fingerprint density at radius 1 is 1.26 bits per heavy atom. The predicted molar refractivity (Wildman–Crippen MR) is 83.2 cm³/mol. The zero-order valence-electron chi connectivity index (χ0n) is 13.2. The van der Waals surface area contributed by atoms with Gasteiger partial charge in [0.15, 0.2) is 0 Å². The van der Waals surface area contributed by atoms with Crippen LogP contribution in [0.15, 0.2) is 23.9 Å². The molecule has 1 rings (SSSR count). The molecule has 0 aliphatic heterocycles. The molecule has 1 aliphatic rings. The molecule has 19 heavy (non-hydrogen) atoms. The van der Waals surface area contributed by atoms with Gasteiger partial charge in [-0.2, -0.15) is 0 Å². The molecule has 0 radical (unpaired) electrons. The van der Waals surface area contributed by atoms with E-state index >= 15 is 0 Å². The van der Waals surface area contributed by atoms with Crippen LogP contribution in [0, 0.1) is 5.92 Å². The molecule has 0 aromatic carbocycles. The maximum atomic E-state index is 5.09. The van der Waals surface area contributed by atoms with Crippen LogP contribution in [0.3, 0.4) is 0 Å². The molecule has 0 aromatic heterocycles. The van der Waals surface area contributed by atoms with E-state index in [1.807, 2.05) is 0 Å². The molecular weight excluding hydrogens is 234 g/mol. The first kappa shape index (κ1) is 16.3. The molecule has 0 spiro atoms. The van der Waals surface area contributed by atoms with Crippen molar-refractivity contribution in [1.82, 2.24) is 4.90 Å². The van der Waals surface area contributed by atoms with Gasteiger partial charge in [-0.05, 0) is 45.6 Å². The second kappa shape index (κ2) is 9.19. The van der Waals surface area contributed by atoms with Crippen molar-refractivity contribution in [3.63, 3.8) is 0 Å². The van der Waals surface area contributed by atoms with Crippen LogP contribution in [0.4, 0.5) is 0 Å². The highest BCUT2D eigenvalue weighted by Gasteiger charge is 2.19. The number of hydrogen-bond acceptors (Lipinski definition) is 2. The third-order valence-corrected chi connectivity index (χ3v) is 3.98. The third-order valence-electron chi connectivity index (χ3n) is 3.98. The lowest BCUT2D eigenvalue weighted by atomic mass is 9.88. The Labute approximate surface area is 119 Å². The largest absolute Gasteiger partial charge is 0.381 e. The van der Waals surface area contributed by atoms with Gasteiger partial charge in [-0.3, -0.25) is 0 Å². The predicted octanol–water partition coefficient (Wildman–Crippen LogP) is 4.38. The topological polar surface area (TPSA) is 12.5 Å². The normalized spacial score (nSPS) is 18.5. The summed E-state index contributed by atoms with van der Waals surface area (Å²) in [5.41, 5.74) is 1.33. The van der Waals surface area contributed by atoms with E-state index in [4.69, 9.17) is 4.74 Å². The molecule has 0 bridgehead atoms. The fourth-order valence-corrected chi connectivity index (χ4v) is 2.89. The second-order valence-electron chi connectivity index (χ2n) is 5.82. The molecule has 1 saturated carbocycles. The summed E-state index contributed by atoms with van der Waals surface area (Å²) in [4.78, 5) is 2.54. The minimum atomic E-state index is 0.556. The molecule has 0 aromatic rings. The zero-order chi connectivity index (χ0) is 14.1. The van der Waals surface area contributed by atoms with Crippen molar-refractivity contribution < 1.29 is 4.74 Å². The van der Waals surface area contributed by atoms with Gasteiger partial charge < -0.3 is 9.64 Å². The second-order valence-corrected chi connectivity index (χ2v) is 5.82. The summed E-state index contributed by atoms with van der Waals surface area (Å²) in [6.45, 7) is 8.59. The molecule has 0 saturated heterocycles. The van der Waals surface area contributed by atoms with Crippen molar-refractivity contribution in [3.05, 3.63) is 23.9 Å². The molecule has 2 heteroatoms. The highest BCUT2D eigenvalue weighted by atomic mass is 16.5. The highest BCUT2D eigenvalue weighted by molar-refractivity contribution is 5.17. The number of hydrogen-bond donors (Lipinski definition) is 0. The Kier molecular flexibility index (Phi) is 7.88. The van der Waals surface area contributed by atoms with Crippen LogP contribution in [0.25, 0.3) is 0 Å². The van der Waals surface area contributed by atoms with E-state index in [9.17, 15) is 0 Å². The van der Waals surface area contributed by atoms with Crippen LogP contribution < -0.4 is 0 Å². The van der Waals surface area contributed by atoms with Crippen LogP contribution in [0.2, 0.25) is 0 Å². The number of rotatable bonds is 7. The van der Waals surface area contributed by atoms with Crippen molar-refractivity contribution in [2.24, 2.45) is 5.92 Å². The SMILES string of the molecule is C/C=C(\C=C/COC)N(CC1CCCCC1)C(C)C. The Morgan fingerprint density at radius 3 is 2.47 bits per heavy atom. The monoisotopic (exact) mass is 265 g/mol. The van der Waals surface area contributed by atoms with E-state index in [-0.39, 0.29) is 0 Å². The van der Waals surface area contributed by atoms with Crippen molar-refractivity contribution in [2.75, 3.05) is 20.3 Å². The molecular formula is C17H31NO. The summed E-state index contributed by atoms with van der Waals surface area (Å²) < 4.78 is 5.09. The van der Waals surface area contributed by atoms with Crippen molar-refractivity contribution >= 4 is 0 Å². The van der Waals surface area contributed by atoms with Crippen LogP contribution in [-0.4, -0.2) is 31.2 Å². The van der Waals surface area contributed by atoms with Gasteiger partial charge in [0.05, 0.1) is 6.61 Å². The van der Waals surface area contributed by atoms with Crippen molar-refractivity contribution in [1.29, 1.82) is 0 Å². The average Bonchev–Trinajstić information content (AvgIpc) is 2.42.